The minimum absolute atomic E-state index is 0.160. The van der Waals surface area contributed by atoms with Crippen molar-refractivity contribution in [1.82, 2.24) is 0 Å². The van der Waals surface area contributed by atoms with Crippen LogP contribution in [-0.2, 0) is 27.2 Å². The van der Waals surface area contributed by atoms with Crippen LogP contribution in [0.5, 0.6) is 11.5 Å². The average Bonchev–Trinajstić information content (AvgIpc) is 2.94. The highest BCUT2D eigenvalue weighted by Gasteiger charge is 2.46. The summed E-state index contributed by atoms with van der Waals surface area (Å²) in [6.07, 6.45) is 12.4. The van der Waals surface area contributed by atoms with Crippen molar-refractivity contribution in [2.24, 2.45) is 16.7 Å². The minimum Gasteiger partial charge on any atom is -0.390 e. The summed E-state index contributed by atoms with van der Waals surface area (Å²) in [6, 6.07) is 3.63. The fraction of sp³-hybridized carbons (Fsp3) is 0.667. The topological polar surface area (TPSA) is 168 Å². The summed E-state index contributed by atoms with van der Waals surface area (Å²) < 4.78 is 74.4. The van der Waals surface area contributed by atoms with E-state index >= 15 is 0 Å². The van der Waals surface area contributed by atoms with Crippen molar-refractivity contribution in [3.05, 3.63) is 58.2 Å². The van der Waals surface area contributed by atoms with Gasteiger partial charge in [0, 0.05) is 5.56 Å². The number of rotatable bonds is 16. The first kappa shape index (κ1) is 40.2. The van der Waals surface area contributed by atoms with Crippen molar-refractivity contribution in [2.45, 2.75) is 137 Å². The molecule has 1 aromatic carbocycles. The SMILES string of the molecule is CC(C)=CCC/C(C)=C/CCC(C)(O)C(O)CC[C@]1(C)CCCC2=C1CC[C@H](C)C2(C)Cc1cc(OS(=O)(=O)O)ccc1OS(=O)(=O)O. The molecule has 0 fully saturated rings. The molecule has 0 radical (unpaired) electrons. The van der Waals surface area contributed by atoms with Crippen molar-refractivity contribution in [3.63, 3.8) is 0 Å². The number of benzene rings is 1. The molecule has 0 saturated carbocycles. The molecule has 0 aliphatic heterocycles. The fourth-order valence-corrected chi connectivity index (χ4v) is 8.37. The summed E-state index contributed by atoms with van der Waals surface area (Å²) in [5, 5.41) is 22.4. The molecule has 3 unspecified atom stereocenters. The van der Waals surface area contributed by atoms with Crippen LogP contribution < -0.4 is 8.37 Å². The molecule has 0 aromatic heterocycles. The standard InChI is InChI=1S/C36H56O10S2/c1-25(2)11-8-12-26(3)13-9-21-36(7,38)33(37)19-22-34(5)20-10-14-31-30(34)17-15-27(4)35(31,6)24-28-23-29(45-47(39,40)41)16-18-32(28)46-48(42,43)44/h11,13,16,18,23,27,33,37-38H,8-10,12,14-15,17,19-22,24H2,1-7H3,(H,39,40,41)(H,42,43,44)/b26-13+/t27-,33?,34-,35?,36?/m0/s1. The maximum absolute atomic E-state index is 11.7. The lowest BCUT2D eigenvalue weighted by molar-refractivity contribution is -0.0733. The van der Waals surface area contributed by atoms with E-state index in [0.29, 0.717) is 31.2 Å². The van der Waals surface area contributed by atoms with Crippen LogP contribution in [0.3, 0.4) is 0 Å². The fourth-order valence-electron chi connectivity index (χ4n) is 7.63. The molecular formula is C36H56O10S2. The molecule has 1 aromatic rings. The summed E-state index contributed by atoms with van der Waals surface area (Å²) in [4.78, 5) is 0. The molecule has 0 heterocycles. The van der Waals surface area contributed by atoms with Crippen LogP contribution in [0.1, 0.15) is 125 Å². The molecule has 2 aliphatic carbocycles. The van der Waals surface area contributed by atoms with Gasteiger partial charge in [-0.3, -0.25) is 9.11 Å². The van der Waals surface area contributed by atoms with Crippen molar-refractivity contribution in [1.29, 1.82) is 0 Å². The molecule has 0 saturated heterocycles. The summed E-state index contributed by atoms with van der Waals surface area (Å²) in [6.45, 7) is 14.5. The van der Waals surface area contributed by atoms with Gasteiger partial charge in [0.15, 0.2) is 0 Å². The van der Waals surface area contributed by atoms with Crippen molar-refractivity contribution in [2.75, 3.05) is 0 Å². The normalized spacial score (nSPS) is 25.6. The molecule has 2 aliphatic rings. The van der Waals surface area contributed by atoms with Crippen LogP contribution in [0.4, 0.5) is 0 Å². The molecule has 272 valence electrons. The van der Waals surface area contributed by atoms with Gasteiger partial charge in [0.2, 0.25) is 0 Å². The van der Waals surface area contributed by atoms with Crippen LogP contribution >= 0.6 is 0 Å². The van der Waals surface area contributed by atoms with Gasteiger partial charge in [-0.25, -0.2) is 0 Å². The molecule has 48 heavy (non-hydrogen) atoms. The molecule has 0 spiro atoms. The zero-order valence-corrected chi connectivity index (χ0v) is 31.2. The van der Waals surface area contributed by atoms with Gasteiger partial charge < -0.3 is 18.6 Å². The Morgan fingerprint density at radius 3 is 2.31 bits per heavy atom. The highest BCUT2D eigenvalue weighted by atomic mass is 32.3. The first-order valence-electron chi connectivity index (χ1n) is 16.9. The zero-order chi connectivity index (χ0) is 36.1. The van der Waals surface area contributed by atoms with E-state index in [1.807, 2.05) is 0 Å². The van der Waals surface area contributed by atoms with E-state index in [1.165, 1.54) is 34.4 Å². The smallest absolute Gasteiger partial charge is 0.390 e. The number of aliphatic hydroxyl groups excluding tert-OH is 1. The Balaban J connectivity index is 1.84. The number of hydrogen-bond donors (Lipinski definition) is 4. The van der Waals surface area contributed by atoms with Crippen LogP contribution in [0.25, 0.3) is 0 Å². The summed E-state index contributed by atoms with van der Waals surface area (Å²) >= 11 is 0. The van der Waals surface area contributed by atoms with E-state index in [0.717, 1.165) is 51.0 Å². The van der Waals surface area contributed by atoms with E-state index in [1.54, 1.807) is 6.92 Å². The van der Waals surface area contributed by atoms with Gasteiger partial charge in [-0.15, -0.1) is 0 Å². The predicted octanol–water partition coefficient (Wildman–Crippen LogP) is 7.88. The Hall–Kier alpha value is -2.22. The van der Waals surface area contributed by atoms with Crippen LogP contribution in [-0.4, -0.2) is 47.9 Å². The molecule has 10 nitrogen and oxygen atoms in total. The lowest BCUT2D eigenvalue weighted by atomic mass is 9.54. The second-order valence-corrected chi connectivity index (χ2v) is 17.1. The number of aliphatic hydroxyl groups is 2. The van der Waals surface area contributed by atoms with Gasteiger partial charge in [0.25, 0.3) is 0 Å². The third-order valence-electron chi connectivity index (χ3n) is 10.8. The summed E-state index contributed by atoms with van der Waals surface area (Å²) in [5.74, 6) is -0.225. The summed E-state index contributed by atoms with van der Waals surface area (Å²) in [7, 11) is -9.71. The maximum Gasteiger partial charge on any atom is 0.446 e. The average molecular weight is 713 g/mol. The van der Waals surface area contributed by atoms with Gasteiger partial charge in [0.05, 0.1) is 11.7 Å². The van der Waals surface area contributed by atoms with Crippen LogP contribution in [0, 0.1) is 16.7 Å². The van der Waals surface area contributed by atoms with E-state index in [2.05, 4.69) is 57.9 Å². The molecule has 12 heteroatoms. The van der Waals surface area contributed by atoms with Gasteiger partial charge in [-0.1, -0.05) is 55.2 Å². The molecule has 3 rings (SSSR count). The molecule has 4 N–H and O–H groups in total. The predicted molar refractivity (Wildman–Crippen MR) is 188 cm³/mol. The Labute approximate surface area is 288 Å². The van der Waals surface area contributed by atoms with Crippen molar-refractivity contribution in [3.8, 4) is 11.5 Å². The zero-order valence-electron chi connectivity index (χ0n) is 29.6. The van der Waals surface area contributed by atoms with Gasteiger partial charge in [0.1, 0.15) is 11.5 Å². The number of allylic oxidation sites excluding steroid dienone is 6. The Kier molecular flexibility index (Phi) is 13.2. The molecule has 5 atom stereocenters. The Morgan fingerprint density at radius 2 is 1.69 bits per heavy atom. The highest BCUT2D eigenvalue weighted by Crippen LogP contribution is 2.58. The Morgan fingerprint density at radius 1 is 1.02 bits per heavy atom. The summed E-state index contributed by atoms with van der Waals surface area (Å²) in [5.41, 5.74) is 3.53. The van der Waals surface area contributed by atoms with E-state index in [9.17, 15) is 36.2 Å². The number of hydrogen-bond acceptors (Lipinski definition) is 8. The second kappa shape index (κ2) is 15.8. The largest absolute Gasteiger partial charge is 0.446 e. The van der Waals surface area contributed by atoms with Gasteiger partial charge in [-0.2, -0.15) is 16.8 Å². The third-order valence-corrected chi connectivity index (χ3v) is 11.6. The molecule has 0 amide bonds. The second-order valence-electron chi connectivity index (χ2n) is 15.0. The van der Waals surface area contributed by atoms with E-state index in [-0.39, 0.29) is 29.3 Å². The molecular weight excluding hydrogens is 657 g/mol. The van der Waals surface area contributed by atoms with Gasteiger partial charge >= 0.3 is 20.8 Å². The maximum atomic E-state index is 11.7. The quantitative estimate of drug-likeness (QED) is 0.0978. The van der Waals surface area contributed by atoms with Gasteiger partial charge in [-0.05, 0) is 140 Å². The highest BCUT2D eigenvalue weighted by molar-refractivity contribution is 7.81. The van der Waals surface area contributed by atoms with E-state index < -0.39 is 37.9 Å². The lowest BCUT2D eigenvalue weighted by Crippen LogP contribution is -2.42. The van der Waals surface area contributed by atoms with Crippen molar-refractivity contribution < 1.29 is 44.5 Å². The monoisotopic (exact) mass is 712 g/mol. The van der Waals surface area contributed by atoms with E-state index in [4.69, 9.17) is 4.18 Å². The molecule has 0 bridgehead atoms. The van der Waals surface area contributed by atoms with Crippen molar-refractivity contribution >= 4 is 20.8 Å². The lowest BCUT2D eigenvalue weighted by Gasteiger charge is -2.51. The minimum atomic E-state index is -4.88. The van der Waals surface area contributed by atoms with Crippen LogP contribution in [0.2, 0.25) is 0 Å². The first-order valence-corrected chi connectivity index (χ1v) is 19.7. The third kappa shape index (κ3) is 11.1. The van der Waals surface area contributed by atoms with Crippen LogP contribution in [0.15, 0.2) is 52.6 Å². The Bertz CT molecular complexity index is 1600. The first-order chi connectivity index (χ1) is 22.0.